The van der Waals surface area contributed by atoms with E-state index < -0.39 is 53.5 Å². The van der Waals surface area contributed by atoms with E-state index in [2.05, 4.69) is 59.6 Å². The molecule has 1 aliphatic carbocycles. The lowest BCUT2D eigenvalue weighted by atomic mass is 9.85. The zero-order valence-electron chi connectivity index (χ0n) is 43.3. The Kier molecular flexibility index (Phi) is 21.2. The molecule has 4 rings (SSSR count). The molecule has 1 saturated heterocycles. The second-order valence-corrected chi connectivity index (χ2v) is 20.8. The van der Waals surface area contributed by atoms with Crippen molar-refractivity contribution in [3.8, 4) is 0 Å². The molecule has 8 N–H and O–H groups in total. The Morgan fingerprint density at radius 2 is 1.46 bits per heavy atom. The molecule has 2 heterocycles. The van der Waals surface area contributed by atoms with Gasteiger partial charge in [-0.25, -0.2) is 0 Å². The van der Waals surface area contributed by atoms with Crippen molar-refractivity contribution in [2.45, 2.75) is 175 Å². The monoisotopic (exact) mass is 962 g/mol. The first kappa shape index (κ1) is 56.2. The number of hydrogen-bond donors (Lipinski definition) is 8. The molecule has 2 aliphatic heterocycles. The van der Waals surface area contributed by atoms with Crippen molar-refractivity contribution in [1.29, 1.82) is 0 Å². The molecule has 0 radical (unpaired) electrons. The van der Waals surface area contributed by atoms with Crippen LogP contribution in [0.2, 0.25) is 0 Å². The fourth-order valence-electron chi connectivity index (χ4n) is 8.67. The number of carbonyl (C=O) groups excluding carboxylic acids is 7. The van der Waals surface area contributed by atoms with Crippen LogP contribution >= 0.6 is 0 Å². The lowest BCUT2D eigenvalue weighted by Crippen LogP contribution is -2.59. The highest BCUT2D eigenvalue weighted by atomic mass is 16.2. The summed E-state index contributed by atoms with van der Waals surface area (Å²) in [6.45, 7) is 19.4. The van der Waals surface area contributed by atoms with Crippen LogP contribution in [0.4, 0.5) is 0 Å². The van der Waals surface area contributed by atoms with Gasteiger partial charge in [0.1, 0.15) is 24.2 Å². The maximum absolute atomic E-state index is 14.8. The number of rotatable bonds is 21. The van der Waals surface area contributed by atoms with Gasteiger partial charge in [-0.15, -0.1) is 0 Å². The van der Waals surface area contributed by atoms with Crippen LogP contribution in [0.25, 0.3) is 0 Å². The minimum Gasteiger partial charge on any atom is -0.371 e. The summed E-state index contributed by atoms with van der Waals surface area (Å²) in [5.41, 5.74) is 2.18. The Bertz CT molecular complexity index is 2020. The molecule has 0 aromatic heterocycles. The predicted octanol–water partition coefficient (Wildman–Crippen LogP) is 2.59. The van der Waals surface area contributed by atoms with Crippen LogP contribution in [0.15, 0.2) is 41.2 Å². The molecule has 18 heteroatoms. The van der Waals surface area contributed by atoms with E-state index in [0.717, 1.165) is 31.2 Å². The Morgan fingerprint density at radius 1 is 0.797 bits per heavy atom. The molecule has 0 bridgehead atoms. The lowest BCUT2D eigenvalue weighted by Gasteiger charge is -2.36. The van der Waals surface area contributed by atoms with Gasteiger partial charge < -0.3 is 52.3 Å². The number of fused-ring (bicyclic) bond motifs is 1. The molecule has 1 fully saturated rings. The number of amides is 7. The number of benzene rings is 1. The van der Waals surface area contributed by atoms with E-state index in [0.29, 0.717) is 25.1 Å². The molecule has 9 atom stereocenters. The summed E-state index contributed by atoms with van der Waals surface area (Å²) in [5.74, 6) is -2.73. The number of nitrogens with one attached hydrogen (secondary N) is 8. The van der Waals surface area contributed by atoms with Gasteiger partial charge in [0.05, 0.1) is 30.4 Å². The van der Waals surface area contributed by atoms with Gasteiger partial charge in [-0.05, 0) is 108 Å². The Labute approximate surface area is 410 Å². The third-order valence-corrected chi connectivity index (χ3v) is 13.8. The quantitative estimate of drug-likeness (QED) is 0.0898. The van der Waals surface area contributed by atoms with Crippen LogP contribution in [-0.2, 0) is 40.0 Å². The molecule has 1 aromatic carbocycles. The number of hydrogen-bond acceptors (Lipinski definition) is 11. The normalized spacial score (nSPS) is 21.0. The smallest absolute Gasteiger partial charge is 0.246 e. The summed E-state index contributed by atoms with van der Waals surface area (Å²) in [5, 5.41) is 23.6. The molecular weight excluding hydrogens is 879 g/mol. The average Bonchev–Trinajstić information content (AvgIpc) is 3.75. The number of nitrogens with zero attached hydrogens (tertiary/aromatic N) is 3. The zero-order chi connectivity index (χ0) is 51.2. The van der Waals surface area contributed by atoms with Gasteiger partial charge in [-0.2, -0.15) is 0 Å². The van der Waals surface area contributed by atoms with Crippen LogP contribution in [0, 0.1) is 17.3 Å². The molecule has 7 amide bonds. The SMILES string of the molecule is CNC(C)C(=O)NC(C(=O)NC(CCC(=O)NCC1=CN(C2CC(C(=O)NC3CCCc4ccccc43)N(C(=O)C(NC(=O)C(C)NC)C(C)(C)C)C2)CCCC=N1)C(=O)NC(C)C(C)C)C(C)C. The van der Waals surface area contributed by atoms with Crippen molar-refractivity contribution in [3.63, 3.8) is 0 Å². The van der Waals surface area contributed by atoms with Crippen LogP contribution in [0.1, 0.15) is 131 Å². The molecule has 0 saturated carbocycles. The van der Waals surface area contributed by atoms with Crippen molar-refractivity contribution >= 4 is 47.6 Å². The summed E-state index contributed by atoms with van der Waals surface area (Å²) in [7, 11) is 3.33. The van der Waals surface area contributed by atoms with Crippen molar-refractivity contribution < 1.29 is 33.6 Å². The summed E-state index contributed by atoms with van der Waals surface area (Å²) in [6.07, 6.45) is 8.03. The van der Waals surface area contributed by atoms with E-state index in [9.17, 15) is 33.6 Å². The molecular formula is C51H83N11O7. The molecule has 0 spiro atoms. The molecule has 1 aromatic rings. The van der Waals surface area contributed by atoms with Crippen LogP contribution in [0.3, 0.4) is 0 Å². The highest BCUT2D eigenvalue weighted by Gasteiger charge is 2.47. The fourth-order valence-corrected chi connectivity index (χ4v) is 8.67. The number of carbonyl (C=O) groups is 7. The standard InChI is InChI=1S/C51H83N11O7/c1-30(2)32(5)56-47(66)40(58-49(68)43(31(3)4)59-45(64)33(6)52-11)22-23-42(63)55-27-36-28-61(25-16-15-24-54-36)37-26-41(48(67)57-39-21-17-19-35-18-13-14-20-38(35)39)62(29-37)50(69)44(51(8,9)10)60-46(65)34(7)53-12/h13-14,18,20,24,28,30-34,37,39-41,43-44,52-53H,15-17,19,21-23,25-27,29H2,1-12H3,(H,55,63)(H,56,66)(H,57,67)(H,58,68)(H,59,64)(H,60,65). The predicted molar refractivity (Wildman–Crippen MR) is 268 cm³/mol. The first-order valence-corrected chi connectivity index (χ1v) is 25.1. The Balaban J connectivity index is 1.54. The number of likely N-dealkylation sites (N-methyl/N-ethyl adjacent to an activating group) is 2. The van der Waals surface area contributed by atoms with E-state index in [-0.39, 0.29) is 85.4 Å². The highest BCUT2D eigenvalue weighted by molar-refractivity contribution is 5.95. The van der Waals surface area contributed by atoms with Gasteiger partial charge in [0.2, 0.25) is 41.4 Å². The lowest BCUT2D eigenvalue weighted by molar-refractivity contribution is -0.144. The minimum atomic E-state index is -1.05. The zero-order valence-corrected chi connectivity index (χ0v) is 43.3. The van der Waals surface area contributed by atoms with Gasteiger partial charge in [-0.1, -0.05) is 72.7 Å². The van der Waals surface area contributed by atoms with Gasteiger partial charge in [0.25, 0.3) is 0 Å². The Morgan fingerprint density at radius 3 is 2.10 bits per heavy atom. The summed E-state index contributed by atoms with van der Waals surface area (Å²) in [6, 6.07) is 2.69. The summed E-state index contributed by atoms with van der Waals surface area (Å²) < 4.78 is 0. The fraction of sp³-hybridized carbons (Fsp3) is 0.686. The van der Waals surface area contributed by atoms with Crippen LogP contribution in [-0.4, -0.2) is 139 Å². The number of likely N-dealkylation sites (tertiary alicyclic amines) is 1. The third kappa shape index (κ3) is 16.1. The van der Waals surface area contributed by atoms with Crippen molar-refractivity contribution in [3.05, 3.63) is 47.3 Å². The first-order valence-electron chi connectivity index (χ1n) is 25.1. The molecule has 9 unspecified atom stereocenters. The van der Waals surface area contributed by atoms with E-state index in [4.69, 9.17) is 4.99 Å². The maximum Gasteiger partial charge on any atom is 0.246 e. The topological polar surface area (TPSA) is 235 Å². The van der Waals surface area contributed by atoms with Crippen LogP contribution < -0.4 is 42.5 Å². The van der Waals surface area contributed by atoms with Gasteiger partial charge >= 0.3 is 0 Å². The summed E-state index contributed by atoms with van der Waals surface area (Å²) in [4.78, 5) is 105. The minimum absolute atomic E-state index is 0.0000568. The second-order valence-electron chi connectivity index (χ2n) is 20.8. The van der Waals surface area contributed by atoms with E-state index in [1.807, 2.05) is 66.1 Å². The maximum atomic E-state index is 14.8. The Hall–Kier alpha value is -5.36. The molecule has 3 aliphatic rings. The third-order valence-electron chi connectivity index (χ3n) is 13.8. The van der Waals surface area contributed by atoms with Gasteiger partial charge in [0, 0.05) is 44.0 Å². The summed E-state index contributed by atoms with van der Waals surface area (Å²) >= 11 is 0. The van der Waals surface area contributed by atoms with Crippen molar-refractivity contribution in [1.82, 2.24) is 52.3 Å². The van der Waals surface area contributed by atoms with Gasteiger partial charge in [0.15, 0.2) is 0 Å². The highest BCUT2D eigenvalue weighted by Crippen LogP contribution is 2.33. The van der Waals surface area contributed by atoms with E-state index >= 15 is 0 Å². The van der Waals surface area contributed by atoms with E-state index in [1.165, 1.54) is 5.56 Å². The molecule has 384 valence electrons. The molecule has 69 heavy (non-hydrogen) atoms. The molecule has 18 nitrogen and oxygen atoms in total. The first-order chi connectivity index (χ1) is 32.6. The number of aryl methyl sites for hydroxylation is 1. The average molecular weight is 962 g/mol. The van der Waals surface area contributed by atoms with E-state index in [1.54, 1.807) is 46.7 Å². The largest absolute Gasteiger partial charge is 0.371 e. The van der Waals surface area contributed by atoms with Crippen molar-refractivity contribution in [2.24, 2.45) is 22.2 Å². The van der Waals surface area contributed by atoms with Gasteiger partial charge in [-0.3, -0.25) is 38.6 Å². The second kappa shape index (κ2) is 26.0. The number of aliphatic imine (C=N–C) groups is 1. The van der Waals surface area contributed by atoms with Crippen LogP contribution in [0.5, 0.6) is 0 Å². The van der Waals surface area contributed by atoms with Crippen molar-refractivity contribution in [2.75, 3.05) is 33.7 Å².